The Labute approximate surface area is 152 Å². The lowest BCUT2D eigenvalue weighted by Crippen LogP contribution is -2.46. The van der Waals surface area contributed by atoms with Crippen LogP contribution in [0.1, 0.15) is 5.56 Å². The van der Waals surface area contributed by atoms with Crippen LogP contribution < -0.4 is 9.64 Å². The molecule has 2 heterocycles. The Balaban J connectivity index is 1.57. The second-order valence-electron chi connectivity index (χ2n) is 6.21. The molecule has 0 atom stereocenters. The van der Waals surface area contributed by atoms with Crippen molar-refractivity contribution in [3.05, 3.63) is 46.3 Å². The number of hydrogen-bond donors (Lipinski definition) is 0. The largest absolute Gasteiger partial charge is 0.573 e. The number of nitro groups is 1. The van der Waals surface area contributed by atoms with Gasteiger partial charge in [-0.2, -0.15) is 0 Å². The van der Waals surface area contributed by atoms with Crippen molar-refractivity contribution in [1.82, 2.24) is 14.5 Å². The fourth-order valence-electron chi connectivity index (χ4n) is 3.08. The number of imidazole rings is 1. The van der Waals surface area contributed by atoms with Gasteiger partial charge < -0.3 is 19.8 Å². The van der Waals surface area contributed by atoms with Crippen LogP contribution in [0.3, 0.4) is 0 Å². The number of alkyl halides is 3. The average Bonchev–Trinajstić information content (AvgIpc) is 2.98. The van der Waals surface area contributed by atoms with Gasteiger partial charge in [-0.15, -0.1) is 13.2 Å². The third-order valence-corrected chi connectivity index (χ3v) is 4.30. The molecule has 0 radical (unpaired) electrons. The summed E-state index contributed by atoms with van der Waals surface area (Å²) in [5, 5.41) is 11.1. The number of nitrogens with zero attached hydrogens (tertiary/aromatic N) is 5. The summed E-state index contributed by atoms with van der Waals surface area (Å²) < 4.78 is 42.1. The molecule has 0 bridgehead atoms. The van der Waals surface area contributed by atoms with E-state index in [1.807, 2.05) is 4.90 Å². The Morgan fingerprint density at radius 3 is 2.37 bits per heavy atom. The van der Waals surface area contributed by atoms with Crippen LogP contribution in [-0.2, 0) is 13.6 Å². The topological polar surface area (TPSA) is 76.7 Å². The smallest absolute Gasteiger partial charge is 0.406 e. The summed E-state index contributed by atoms with van der Waals surface area (Å²) in [6.45, 7) is 3.10. The highest BCUT2D eigenvalue weighted by Crippen LogP contribution is 2.27. The van der Waals surface area contributed by atoms with Crippen molar-refractivity contribution in [2.75, 3.05) is 31.1 Å². The molecule has 0 aliphatic carbocycles. The third kappa shape index (κ3) is 4.67. The first-order valence-electron chi connectivity index (χ1n) is 8.20. The van der Waals surface area contributed by atoms with Gasteiger partial charge in [0.25, 0.3) is 0 Å². The monoisotopic (exact) mass is 385 g/mol. The predicted octanol–water partition coefficient (Wildman–Crippen LogP) is 2.55. The molecule has 3 rings (SSSR count). The average molecular weight is 385 g/mol. The number of hydrogen-bond acceptors (Lipinski definition) is 6. The minimum Gasteiger partial charge on any atom is -0.406 e. The van der Waals surface area contributed by atoms with Gasteiger partial charge in [0.05, 0.1) is 0 Å². The molecule has 1 aliphatic heterocycles. The lowest BCUT2D eigenvalue weighted by Gasteiger charge is -2.35. The van der Waals surface area contributed by atoms with Crippen molar-refractivity contribution >= 4 is 11.6 Å². The van der Waals surface area contributed by atoms with Crippen LogP contribution >= 0.6 is 0 Å². The molecule has 2 aromatic rings. The van der Waals surface area contributed by atoms with E-state index in [1.165, 1.54) is 18.5 Å². The van der Waals surface area contributed by atoms with Crippen LogP contribution in [0.15, 0.2) is 30.6 Å². The molecule has 1 aliphatic rings. The summed E-state index contributed by atoms with van der Waals surface area (Å²) in [6.07, 6.45) is -3.28. The van der Waals surface area contributed by atoms with Crippen molar-refractivity contribution in [3.8, 4) is 5.75 Å². The van der Waals surface area contributed by atoms with Crippen molar-refractivity contribution in [3.63, 3.8) is 0 Å². The number of aromatic nitrogens is 2. The zero-order valence-corrected chi connectivity index (χ0v) is 14.5. The Morgan fingerprint density at radius 1 is 1.19 bits per heavy atom. The summed E-state index contributed by atoms with van der Waals surface area (Å²) in [7, 11) is 1.71. The van der Waals surface area contributed by atoms with Gasteiger partial charge >= 0.3 is 12.2 Å². The quantitative estimate of drug-likeness (QED) is 0.582. The first-order valence-corrected chi connectivity index (χ1v) is 8.20. The molecule has 146 valence electrons. The molecule has 0 spiro atoms. The summed E-state index contributed by atoms with van der Waals surface area (Å²) in [6, 6.07) is 5.77. The summed E-state index contributed by atoms with van der Waals surface area (Å²) in [5.41, 5.74) is 0.865. The molecule has 0 saturated carbocycles. The van der Waals surface area contributed by atoms with Gasteiger partial charge in [0, 0.05) is 39.8 Å². The first-order chi connectivity index (χ1) is 12.7. The van der Waals surface area contributed by atoms with Gasteiger partial charge in [-0.1, -0.05) is 12.1 Å². The van der Waals surface area contributed by atoms with Crippen LogP contribution in [0.25, 0.3) is 0 Å². The van der Waals surface area contributed by atoms with E-state index in [2.05, 4.69) is 14.6 Å². The predicted molar refractivity (Wildman–Crippen MR) is 90.5 cm³/mol. The van der Waals surface area contributed by atoms with E-state index < -0.39 is 11.3 Å². The standard InChI is InChI=1S/C16H18F3N5O3/c1-21-11-20-14(24(25)26)15(21)23-8-6-22(7-9-23)10-12-2-4-13(5-3-12)27-16(17,18)19/h2-5,11H,6-10H2,1H3. The zero-order chi connectivity index (χ0) is 19.6. The molecule has 1 saturated heterocycles. The molecule has 0 amide bonds. The Hall–Kier alpha value is -2.82. The number of benzene rings is 1. The summed E-state index contributed by atoms with van der Waals surface area (Å²) in [5.74, 6) is 0.0686. The minimum atomic E-state index is -4.70. The van der Waals surface area contributed by atoms with Crippen LogP contribution in [0.2, 0.25) is 0 Å². The van der Waals surface area contributed by atoms with E-state index in [1.54, 1.807) is 23.7 Å². The number of halogens is 3. The number of ether oxygens (including phenoxy) is 1. The summed E-state index contributed by atoms with van der Waals surface area (Å²) in [4.78, 5) is 18.5. The van der Waals surface area contributed by atoms with E-state index in [-0.39, 0.29) is 11.6 Å². The van der Waals surface area contributed by atoms with Crippen LogP contribution in [0.5, 0.6) is 5.75 Å². The number of piperazine rings is 1. The molecule has 27 heavy (non-hydrogen) atoms. The molecule has 0 unspecified atom stereocenters. The number of rotatable bonds is 5. The van der Waals surface area contributed by atoms with Gasteiger partial charge in [-0.25, -0.2) is 0 Å². The molecular weight excluding hydrogens is 367 g/mol. The van der Waals surface area contributed by atoms with E-state index >= 15 is 0 Å². The molecule has 1 aromatic heterocycles. The van der Waals surface area contributed by atoms with Crippen molar-refractivity contribution < 1.29 is 22.8 Å². The first kappa shape index (κ1) is 19.0. The van der Waals surface area contributed by atoms with Gasteiger partial charge in [0.15, 0.2) is 0 Å². The van der Waals surface area contributed by atoms with Crippen molar-refractivity contribution in [2.45, 2.75) is 12.9 Å². The molecule has 8 nitrogen and oxygen atoms in total. The minimum absolute atomic E-state index is 0.161. The lowest BCUT2D eigenvalue weighted by molar-refractivity contribution is -0.388. The van der Waals surface area contributed by atoms with Crippen molar-refractivity contribution in [1.29, 1.82) is 0 Å². The highest BCUT2D eigenvalue weighted by molar-refractivity contribution is 5.54. The fraction of sp³-hybridized carbons (Fsp3) is 0.438. The molecular formula is C16H18F3N5O3. The normalized spacial score (nSPS) is 15.8. The Kier molecular flexibility index (Phi) is 5.22. The van der Waals surface area contributed by atoms with E-state index in [0.29, 0.717) is 38.5 Å². The van der Waals surface area contributed by atoms with E-state index in [0.717, 1.165) is 5.56 Å². The maximum Gasteiger partial charge on any atom is 0.573 e. The molecule has 1 fully saturated rings. The van der Waals surface area contributed by atoms with Gasteiger partial charge in [0.2, 0.25) is 12.1 Å². The second-order valence-corrected chi connectivity index (χ2v) is 6.21. The van der Waals surface area contributed by atoms with Crippen LogP contribution in [0, 0.1) is 10.1 Å². The third-order valence-electron chi connectivity index (χ3n) is 4.30. The SMILES string of the molecule is Cn1cnc([N+](=O)[O-])c1N1CCN(Cc2ccc(OC(F)(F)F)cc2)CC1. The van der Waals surface area contributed by atoms with Gasteiger partial charge in [0.1, 0.15) is 5.75 Å². The lowest BCUT2D eigenvalue weighted by atomic mass is 10.2. The number of anilines is 1. The Bertz CT molecular complexity index is 799. The fourth-order valence-corrected chi connectivity index (χ4v) is 3.08. The highest BCUT2D eigenvalue weighted by atomic mass is 19.4. The maximum absolute atomic E-state index is 12.2. The Morgan fingerprint density at radius 2 is 1.81 bits per heavy atom. The van der Waals surface area contributed by atoms with E-state index in [4.69, 9.17) is 0 Å². The number of aryl methyl sites for hydroxylation is 1. The van der Waals surface area contributed by atoms with Crippen LogP contribution in [0.4, 0.5) is 24.8 Å². The highest BCUT2D eigenvalue weighted by Gasteiger charge is 2.31. The summed E-state index contributed by atoms with van der Waals surface area (Å²) >= 11 is 0. The molecule has 11 heteroatoms. The maximum atomic E-state index is 12.2. The van der Waals surface area contributed by atoms with Crippen LogP contribution in [-0.4, -0.2) is 51.9 Å². The second kappa shape index (κ2) is 7.43. The van der Waals surface area contributed by atoms with E-state index in [9.17, 15) is 23.3 Å². The molecule has 1 aromatic carbocycles. The zero-order valence-electron chi connectivity index (χ0n) is 14.5. The molecule has 0 N–H and O–H groups in total. The van der Waals surface area contributed by atoms with Crippen molar-refractivity contribution in [2.24, 2.45) is 7.05 Å². The van der Waals surface area contributed by atoms with Gasteiger partial charge in [-0.05, 0) is 27.6 Å². The van der Waals surface area contributed by atoms with Gasteiger partial charge in [-0.3, -0.25) is 9.47 Å².